The first-order valence-electron chi connectivity index (χ1n) is 9.16. The first-order chi connectivity index (χ1) is 12.4. The molecule has 2 aromatic rings. The van der Waals surface area contributed by atoms with E-state index in [4.69, 9.17) is 0 Å². The van der Waals surface area contributed by atoms with Crippen LogP contribution in [-0.2, 0) is 5.41 Å². The zero-order chi connectivity index (χ0) is 18.7. The van der Waals surface area contributed by atoms with Gasteiger partial charge < -0.3 is 10.2 Å². The summed E-state index contributed by atoms with van der Waals surface area (Å²) in [4.78, 5) is 27.2. The van der Waals surface area contributed by atoms with Gasteiger partial charge in [0.2, 0.25) is 0 Å². The Balaban J connectivity index is 1.81. The summed E-state index contributed by atoms with van der Waals surface area (Å²) in [6, 6.07) is 14.8. The van der Waals surface area contributed by atoms with Gasteiger partial charge in [0.15, 0.2) is 0 Å². The fourth-order valence-corrected chi connectivity index (χ4v) is 3.34. The molecule has 0 bridgehead atoms. The predicted octanol–water partition coefficient (Wildman–Crippen LogP) is 4.47. The van der Waals surface area contributed by atoms with Crippen molar-refractivity contribution in [3.63, 3.8) is 0 Å². The van der Waals surface area contributed by atoms with Crippen molar-refractivity contribution < 1.29 is 9.59 Å². The lowest BCUT2D eigenvalue weighted by atomic mass is 9.86. The van der Waals surface area contributed by atoms with E-state index in [0.29, 0.717) is 11.1 Å². The van der Waals surface area contributed by atoms with Crippen LogP contribution < -0.4 is 5.32 Å². The van der Waals surface area contributed by atoms with Crippen LogP contribution in [0.15, 0.2) is 48.5 Å². The van der Waals surface area contributed by atoms with Gasteiger partial charge in [-0.15, -0.1) is 0 Å². The zero-order valence-corrected chi connectivity index (χ0v) is 15.7. The first kappa shape index (κ1) is 18.2. The Hall–Kier alpha value is -2.62. The number of para-hydroxylation sites is 1. The average molecular weight is 350 g/mol. The molecule has 0 unspecified atom stereocenters. The number of rotatable bonds is 3. The molecule has 3 rings (SSSR count). The van der Waals surface area contributed by atoms with E-state index in [9.17, 15) is 9.59 Å². The summed E-state index contributed by atoms with van der Waals surface area (Å²) < 4.78 is 0. The van der Waals surface area contributed by atoms with Crippen LogP contribution in [0.25, 0.3) is 0 Å². The van der Waals surface area contributed by atoms with Crippen molar-refractivity contribution in [2.24, 2.45) is 0 Å². The highest BCUT2D eigenvalue weighted by molar-refractivity contribution is 6.06. The van der Waals surface area contributed by atoms with Crippen molar-refractivity contribution in [1.82, 2.24) is 4.90 Å². The highest BCUT2D eigenvalue weighted by Gasteiger charge is 2.21. The average Bonchev–Trinajstić information content (AvgIpc) is 3.15. The van der Waals surface area contributed by atoms with Crippen molar-refractivity contribution in [1.29, 1.82) is 0 Å². The monoisotopic (exact) mass is 350 g/mol. The van der Waals surface area contributed by atoms with E-state index in [-0.39, 0.29) is 17.2 Å². The van der Waals surface area contributed by atoms with Gasteiger partial charge in [-0.3, -0.25) is 9.59 Å². The molecule has 0 saturated carbocycles. The number of anilines is 1. The number of hydrogen-bond acceptors (Lipinski definition) is 2. The van der Waals surface area contributed by atoms with Gasteiger partial charge >= 0.3 is 0 Å². The van der Waals surface area contributed by atoms with E-state index < -0.39 is 0 Å². The maximum absolute atomic E-state index is 12.8. The van der Waals surface area contributed by atoms with E-state index >= 15 is 0 Å². The van der Waals surface area contributed by atoms with Gasteiger partial charge in [-0.05, 0) is 48.1 Å². The molecule has 1 aliphatic heterocycles. The molecule has 1 aliphatic rings. The topological polar surface area (TPSA) is 49.4 Å². The summed E-state index contributed by atoms with van der Waals surface area (Å²) in [7, 11) is 0. The van der Waals surface area contributed by atoms with Gasteiger partial charge in [-0.2, -0.15) is 0 Å². The van der Waals surface area contributed by atoms with Crippen LogP contribution in [0.4, 0.5) is 5.69 Å². The maximum Gasteiger partial charge on any atom is 0.255 e. The quantitative estimate of drug-likeness (QED) is 0.888. The minimum absolute atomic E-state index is 0.00671. The van der Waals surface area contributed by atoms with E-state index in [0.717, 1.165) is 37.2 Å². The van der Waals surface area contributed by atoms with Crippen LogP contribution in [-0.4, -0.2) is 29.8 Å². The number of carbonyl (C=O) groups excluding carboxylic acids is 2. The van der Waals surface area contributed by atoms with Gasteiger partial charge in [-0.25, -0.2) is 0 Å². The molecule has 4 nitrogen and oxygen atoms in total. The summed E-state index contributed by atoms with van der Waals surface area (Å²) in [5.74, 6) is -0.190. The van der Waals surface area contributed by atoms with Gasteiger partial charge in [0, 0.05) is 29.9 Å². The molecule has 0 aliphatic carbocycles. The van der Waals surface area contributed by atoms with Gasteiger partial charge in [0.25, 0.3) is 11.8 Å². The number of likely N-dealkylation sites (tertiary alicyclic amines) is 1. The Morgan fingerprint density at radius 2 is 1.58 bits per heavy atom. The molecule has 2 amide bonds. The number of carbonyl (C=O) groups is 2. The fourth-order valence-electron chi connectivity index (χ4n) is 3.34. The van der Waals surface area contributed by atoms with Crippen molar-refractivity contribution >= 4 is 17.5 Å². The number of nitrogens with one attached hydrogen (secondary N) is 1. The molecule has 0 spiro atoms. The van der Waals surface area contributed by atoms with Gasteiger partial charge in [0.1, 0.15) is 0 Å². The molecule has 4 heteroatoms. The lowest BCUT2D eigenvalue weighted by Crippen LogP contribution is -2.27. The zero-order valence-electron chi connectivity index (χ0n) is 15.7. The third kappa shape index (κ3) is 3.96. The Kier molecular flexibility index (Phi) is 5.12. The number of amides is 2. The molecule has 0 radical (unpaired) electrons. The maximum atomic E-state index is 12.8. The lowest BCUT2D eigenvalue weighted by molar-refractivity contribution is 0.0793. The molecule has 1 fully saturated rings. The normalized spacial score (nSPS) is 14.3. The summed E-state index contributed by atoms with van der Waals surface area (Å²) in [5, 5.41) is 3.01. The second-order valence-electron chi connectivity index (χ2n) is 7.83. The molecule has 26 heavy (non-hydrogen) atoms. The minimum Gasteiger partial charge on any atom is -0.339 e. The van der Waals surface area contributed by atoms with Crippen molar-refractivity contribution in [3.05, 3.63) is 65.2 Å². The number of benzene rings is 2. The van der Waals surface area contributed by atoms with E-state index in [1.54, 1.807) is 24.3 Å². The number of hydrogen-bond donors (Lipinski definition) is 1. The summed E-state index contributed by atoms with van der Waals surface area (Å²) in [6.07, 6.45) is 2.10. The summed E-state index contributed by atoms with van der Waals surface area (Å²) in [6.45, 7) is 7.95. The van der Waals surface area contributed by atoms with Crippen LogP contribution in [0.2, 0.25) is 0 Å². The fraction of sp³-hybridized carbons (Fsp3) is 0.364. The smallest absolute Gasteiger partial charge is 0.255 e. The SMILES string of the molecule is CC(C)(C)c1ccccc1NC(=O)c1cccc(C(=O)N2CCCC2)c1. The molecule has 0 atom stereocenters. The molecule has 2 aromatic carbocycles. The van der Waals surface area contributed by atoms with Gasteiger partial charge in [0.05, 0.1) is 0 Å². The van der Waals surface area contributed by atoms with Crippen LogP contribution in [0.5, 0.6) is 0 Å². The first-order valence-corrected chi connectivity index (χ1v) is 9.16. The van der Waals surface area contributed by atoms with Crippen LogP contribution in [0.3, 0.4) is 0 Å². The Bertz CT molecular complexity index is 815. The van der Waals surface area contributed by atoms with Crippen molar-refractivity contribution in [2.75, 3.05) is 18.4 Å². The minimum atomic E-state index is -0.197. The second kappa shape index (κ2) is 7.32. The highest BCUT2D eigenvalue weighted by atomic mass is 16.2. The third-order valence-electron chi connectivity index (χ3n) is 4.75. The Morgan fingerprint density at radius 1 is 0.923 bits per heavy atom. The van der Waals surface area contributed by atoms with Crippen molar-refractivity contribution in [2.45, 2.75) is 39.0 Å². The standard InChI is InChI=1S/C22H26N2O2/c1-22(2,3)18-11-4-5-12-19(18)23-20(25)16-9-8-10-17(15-16)21(26)24-13-6-7-14-24/h4-5,8-12,15H,6-7,13-14H2,1-3H3,(H,23,25). The van der Waals surface area contributed by atoms with E-state index in [2.05, 4.69) is 26.1 Å². The summed E-state index contributed by atoms with van der Waals surface area (Å²) in [5.41, 5.74) is 2.89. The second-order valence-corrected chi connectivity index (χ2v) is 7.83. The molecular weight excluding hydrogens is 324 g/mol. The Morgan fingerprint density at radius 3 is 2.27 bits per heavy atom. The third-order valence-corrected chi connectivity index (χ3v) is 4.75. The van der Waals surface area contributed by atoms with Crippen LogP contribution in [0.1, 0.15) is 59.9 Å². The highest BCUT2D eigenvalue weighted by Crippen LogP contribution is 2.29. The lowest BCUT2D eigenvalue weighted by Gasteiger charge is -2.23. The molecule has 1 heterocycles. The summed E-state index contributed by atoms with van der Waals surface area (Å²) >= 11 is 0. The van der Waals surface area contributed by atoms with E-state index in [1.807, 2.05) is 29.2 Å². The Labute approximate surface area is 155 Å². The molecule has 1 saturated heterocycles. The largest absolute Gasteiger partial charge is 0.339 e. The van der Waals surface area contributed by atoms with Crippen LogP contribution in [0, 0.1) is 0 Å². The van der Waals surface area contributed by atoms with Crippen LogP contribution >= 0.6 is 0 Å². The molecule has 1 N–H and O–H groups in total. The van der Waals surface area contributed by atoms with Crippen molar-refractivity contribution in [3.8, 4) is 0 Å². The molecule has 136 valence electrons. The molecule has 0 aromatic heterocycles. The molecular formula is C22H26N2O2. The van der Waals surface area contributed by atoms with E-state index in [1.165, 1.54) is 0 Å². The predicted molar refractivity (Wildman–Crippen MR) is 105 cm³/mol. The number of nitrogens with zero attached hydrogens (tertiary/aromatic N) is 1. The van der Waals surface area contributed by atoms with Gasteiger partial charge in [-0.1, -0.05) is 45.0 Å².